The first-order valence-corrected chi connectivity index (χ1v) is 6.75. The molecule has 0 fully saturated rings. The average molecular weight is 260 g/mol. The summed E-state index contributed by atoms with van der Waals surface area (Å²) in [5.41, 5.74) is 14.3. The van der Waals surface area contributed by atoms with Crippen molar-refractivity contribution in [3.05, 3.63) is 83.5 Å². The van der Waals surface area contributed by atoms with E-state index in [1.165, 1.54) is 5.56 Å². The Kier molecular flexibility index (Phi) is 3.58. The van der Waals surface area contributed by atoms with Crippen LogP contribution in [0.5, 0.6) is 0 Å². The minimum absolute atomic E-state index is 0.0821. The van der Waals surface area contributed by atoms with Crippen molar-refractivity contribution in [1.82, 2.24) is 0 Å². The van der Waals surface area contributed by atoms with Gasteiger partial charge in [-0.05, 0) is 28.7 Å². The summed E-state index contributed by atoms with van der Waals surface area (Å²) in [5, 5.41) is 0. The van der Waals surface area contributed by atoms with Crippen LogP contribution in [-0.4, -0.2) is 0 Å². The maximum Gasteiger partial charge on any atom is 0.0476 e. The highest BCUT2D eigenvalue weighted by Crippen LogP contribution is 2.51. The van der Waals surface area contributed by atoms with Gasteiger partial charge in [0.15, 0.2) is 0 Å². The molecule has 1 aromatic carbocycles. The summed E-state index contributed by atoms with van der Waals surface area (Å²) in [7, 11) is 0. The van der Waals surface area contributed by atoms with Crippen molar-refractivity contribution in [2.75, 3.05) is 0 Å². The zero-order valence-corrected chi connectivity index (χ0v) is 12.5. The van der Waals surface area contributed by atoms with E-state index in [1.54, 1.807) is 0 Å². The fourth-order valence-electron chi connectivity index (χ4n) is 3.01. The third-order valence-electron chi connectivity index (χ3n) is 3.72. The van der Waals surface area contributed by atoms with E-state index in [1.807, 2.05) is 6.07 Å². The Labute approximate surface area is 121 Å². The molecule has 0 heterocycles. The molecule has 0 spiro atoms. The zero-order chi connectivity index (χ0) is 14.9. The van der Waals surface area contributed by atoms with Gasteiger partial charge in [-0.15, -0.1) is 5.73 Å². The van der Waals surface area contributed by atoms with Crippen molar-refractivity contribution in [3.8, 4) is 0 Å². The molecular formula is C20H20. The number of fused-ring (bicyclic) bond motifs is 1. The van der Waals surface area contributed by atoms with Crippen LogP contribution < -0.4 is 0 Å². The summed E-state index contributed by atoms with van der Waals surface area (Å²) < 4.78 is 0. The monoisotopic (exact) mass is 260 g/mol. The molecule has 0 nitrogen and oxygen atoms in total. The van der Waals surface area contributed by atoms with Crippen LogP contribution >= 0.6 is 0 Å². The number of benzene rings is 1. The molecule has 1 atom stereocenters. The third-order valence-corrected chi connectivity index (χ3v) is 3.72. The SMILES string of the molecule is C=C=C=C1C(=C=C)C(=C)C(C(C)(C)C)c2ccccc21. The van der Waals surface area contributed by atoms with Crippen LogP contribution in [0.3, 0.4) is 0 Å². The predicted molar refractivity (Wildman–Crippen MR) is 86.5 cm³/mol. The first kappa shape index (κ1) is 14.2. The van der Waals surface area contributed by atoms with E-state index in [2.05, 4.69) is 75.9 Å². The Morgan fingerprint density at radius 1 is 1.05 bits per heavy atom. The summed E-state index contributed by atoms with van der Waals surface area (Å²) in [6.45, 7) is 18.5. The van der Waals surface area contributed by atoms with Crippen LogP contribution in [-0.2, 0) is 0 Å². The van der Waals surface area contributed by atoms with Gasteiger partial charge in [-0.25, -0.2) is 0 Å². The number of allylic oxidation sites excluding steroid dienone is 3. The number of hydrogen-bond donors (Lipinski definition) is 0. The second-order valence-corrected chi connectivity index (χ2v) is 6.14. The fourth-order valence-corrected chi connectivity index (χ4v) is 3.01. The van der Waals surface area contributed by atoms with Crippen molar-refractivity contribution in [1.29, 1.82) is 0 Å². The molecule has 0 aromatic heterocycles. The van der Waals surface area contributed by atoms with E-state index >= 15 is 0 Å². The van der Waals surface area contributed by atoms with E-state index in [0.717, 1.165) is 22.3 Å². The largest absolute Gasteiger partial charge is 0.119 e. The molecule has 1 unspecified atom stereocenters. The second-order valence-electron chi connectivity index (χ2n) is 6.14. The molecule has 1 aliphatic carbocycles. The fraction of sp³-hybridized carbons (Fsp3) is 0.250. The van der Waals surface area contributed by atoms with Crippen LogP contribution in [0.25, 0.3) is 5.57 Å². The van der Waals surface area contributed by atoms with Gasteiger partial charge < -0.3 is 0 Å². The highest BCUT2D eigenvalue weighted by Gasteiger charge is 2.37. The molecule has 0 radical (unpaired) electrons. The van der Waals surface area contributed by atoms with E-state index < -0.39 is 0 Å². The van der Waals surface area contributed by atoms with Crippen molar-refractivity contribution in [2.45, 2.75) is 26.7 Å². The van der Waals surface area contributed by atoms with Crippen LogP contribution in [0.4, 0.5) is 0 Å². The molecule has 1 aliphatic rings. The van der Waals surface area contributed by atoms with Crippen molar-refractivity contribution in [3.63, 3.8) is 0 Å². The van der Waals surface area contributed by atoms with Crippen molar-refractivity contribution in [2.24, 2.45) is 5.41 Å². The lowest BCUT2D eigenvalue weighted by Crippen LogP contribution is -2.25. The molecule has 20 heavy (non-hydrogen) atoms. The lowest BCUT2D eigenvalue weighted by molar-refractivity contribution is 0.355. The standard InChI is InChI=1S/C20H20/c1-7-11-16-15(8-2)14(3)19(20(4,5)6)18-13-10-9-12-17(16)18/h9-10,12-13,19H,1-3H2,4-6H3. The first-order valence-electron chi connectivity index (χ1n) is 6.75. The van der Waals surface area contributed by atoms with Gasteiger partial charge in [0.25, 0.3) is 0 Å². The highest BCUT2D eigenvalue weighted by atomic mass is 14.4. The predicted octanol–water partition coefficient (Wildman–Crippen LogP) is 5.42. The molecule has 0 aliphatic heterocycles. The molecule has 1 aromatic rings. The quantitative estimate of drug-likeness (QED) is 0.546. The van der Waals surface area contributed by atoms with Gasteiger partial charge in [-0.1, -0.05) is 69.7 Å². The number of hydrogen-bond acceptors (Lipinski definition) is 0. The Balaban J connectivity index is 2.90. The maximum atomic E-state index is 4.30. The molecule has 0 saturated carbocycles. The van der Waals surface area contributed by atoms with Gasteiger partial charge in [0, 0.05) is 17.1 Å². The van der Waals surface area contributed by atoms with Gasteiger partial charge in [0.2, 0.25) is 0 Å². The Bertz CT molecular complexity index is 703. The van der Waals surface area contributed by atoms with Crippen molar-refractivity contribution < 1.29 is 0 Å². The van der Waals surface area contributed by atoms with Gasteiger partial charge in [-0.3, -0.25) is 0 Å². The molecule has 0 bridgehead atoms. The van der Waals surface area contributed by atoms with Gasteiger partial charge >= 0.3 is 0 Å². The smallest absolute Gasteiger partial charge is 0.0476 e. The summed E-state index contributed by atoms with van der Waals surface area (Å²) in [4.78, 5) is 0. The van der Waals surface area contributed by atoms with E-state index in [0.29, 0.717) is 0 Å². The van der Waals surface area contributed by atoms with E-state index in [-0.39, 0.29) is 11.3 Å². The molecule has 0 heteroatoms. The minimum atomic E-state index is 0.0821. The summed E-state index contributed by atoms with van der Waals surface area (Å²) >= 11 is 0. The van der Waals surface area contributed by atoms with E-state index in [9.17, 15) is 0 Å². The Morgan fingerprint density at radius 2 is 1.70 bits per heavy atom. The molecular weight excluding hydrogens is 240 g/mol. The molecule has 0 saturated heterocycles. The van der Waals surface area contributed by atoms with Gasteiger partial charge in [0.05, 0.1) is 0 Å². The Hall–Kier alpha value is -2.22. The average Bonchev–Trinajstić information content (AvgIpc) is 2.37. The molecule has 0 N–H and O–H groups in total. The number of rotatable bonds is 0. The zero-order valence-electron chi connectivity index (χ0n) is 12.5. The van der Waals surface area contributed by atoms with E-state index in [4.69, 9.17) is 0 Å². The third kappa shape index (κ3) is 2.18. The van der Waals surface area contributed by atoms with Crippen molar-refractivity contribution >= 4 is 5.57 Å². The summed E-state index contributed by atoms with van der Waals surface area (Å²) in [6.07, 6.45) is 0. The highest BCUT2D eigenvalue weighted by molar-refractivity contribution is 5.88. The molecule has 0 amide bonds. The lowest BCUT2D eigenvalue weighted by Gasteiger charge is -2.38. The Morgan fingerprint density at radius 3 is 2.25 bits per heavy atom. The topological polar surface area (TPSA) is 0 Å². The van der Waals surface area contributed by atoms with Gasteiger partial charge in [0.1, 0.15) is 0 Å². The van der Waals surface area contributed by atoms with Crippen LogP contribution in [0.15, 0.2) is 72.3 Å². The molecule has 100 valence electrons. The first-order chi connectivity index (χ1) is 9.41. The van der Waals surface area contributed by atoms with Crippen LogP contribution in [0.1, 0.15) is 37.8 Å². The summed E-state index contributed by atoms with van der Waals surface area (Å²) in [5.74, 6) is 0.248. The normalized spacial score (nSPS) is 17.9. The summed E-state index contributed by atoms with van der Waals surface area (Å²) in [6, 6.07) is 8.39. The minimum Gasteiger partial charge on any atom is -0.119 e. The van der Waals surface area contributed by atoms with Gasteiger partial charge in [-0.2, -0.15) is 0 Å². The second kappa shape index (κ2) is 5.04. The molecule has 2 rings (SSSR count). The van der Waals surface area contributed by atoms with Crippen LogP contribution in [0.2, 0.25) is 0 Å². The van der Waals surface area contributed by atoms with Crippen LogP contribution in [0, 0.1) is 5.41 Å². The maximum absolute atomic E-state index is 4.30. The lowest BCUT2D eigenvalue weighted by atomic mass is 9.64.